The normalized spacial score (nSPS) is 29.6. The first-order valence-corrected chi connectivity index (χ1v) is 6.47. The Kier molecular flexibility index (Phi) is 5.38. The molecule has 0 spiro atoms. The van der Waals surface area contributed by atoms with Crippen LogP contribution in [-0.4, -0.2) is 49.3 Å². The third kappa shape index (κ3) is 4.63. The molecule has 1 saturated heterocycles. The van der Waals surface area contributed by atoms with E-state index in [1.165, 1.54) is 0 Å². The minimum Gasteiger partial charge on any atom is -0.373 e. The Morgan fingerprint density at radius 3 is 2.47 bits per heavy atom. The summed E-state index contributed by atoms with van der Waals surface area (Å²) in [5.74, 6) is 0. The zero-order chi connectivity index (χ0) is 12.9. The summed E-state index contributed by atoms with van der Waals surface area (Å²) in [6.45, 7) is 9.26. The molecular weight excluding hydrogens is 214 g/mol. The summed E-state index contributed by atoms with van der Waals surface area (Å²) in [6, 6.07) is 2.33. The third-order valence-electron chi connectivity index (χ3n) is 3.44. The maximum absolute atomic E-state index is 9.06. The number of morpholine rings is 1. The van der Waals surface area contributed by atoms with Crippen molar-refractivity contribution >= 4 is 0 Å². The van der Waals surface area contributed by atoms with Gasteiger partial charge in [0.1, 0.15) is 5.54 Å². The van der Waals surface area contributed by atoms with Gasteiger partial charge in [-0.3, -0.25) is 4.90 Å². The molecule has 17 heavy (non-hydrogen) atoms. The highest BCUT2D eigenvalue weighted by Crippen LogP contribution is 2.14. The molecule has 1 fully saturated rings. The second-order valence-corrected chi connectivity index (χ2v) is 5.31. The molecule has 1 N–H and O–H groups in total. The van der Waals surface area contributed by atoms with E-state index < -0.39 is 0 Å². The summed E-state index contributed by atoms with van der Waals surface area (Å²) in [5, 5.41) is 12.1. The largest absolute Gasteiger partial charge is 0.373 e. The number of rotatable bonds is 5. The number of nitriles is 1. The van der Waals surface area contributed by atoms with E-state index in [9.17, 15) is 0 Å². The maximum Gasteiger partial charge on any atom is 0.103 e. The smallest absolute Gasteiger partial charge is 0.103 e. The van der Waals surface area contributed by atoms with Gasteiger partial charge in [0.2, 0.25) is 0 Å². The lowest BCUT2D eigenvalue weighted by Gasteiger charge is -2.35. The molecule has 1 rings (SSSR count). The molecule has 0 saturated carbocycles. The van der Waals surface area contributed by atoms with Gasteiger partial charge in [-0.2, -0.15) is 5.26 Å². The van der Waals surface area contributed by atoms with Crippen molar-refractivity contribution in [3.63, 3.8) is 0 Å². The van der Waals surface area contributed by atoms with Crippen molar-refractivity contribution in [2.45, 2.75) is 51.4 Å². The fraction of sp³-hybridized carbons (Fsp3) is 0.923. The van der Waals surface area contributed by atoms with E-state index in [0.717, 1.165) is 32.5 Å². The van der Waals surface area contributed by atoms with Gasteiger partial charge in [-0.15, -0.1) is 0 Å². The van der Waals surface area contributed by atoms with Crippen LogP contribution in [-0.2, 0) is 4.74 Å². The van der Waals surface area contributed by atoms with Crippen molar-refractivity contribution < 1.29 is 4.74 Å². The Balaban J connectivity index is 2.29. The molecule has 1 aliphatic heterocycles. The second-order valence-electron chi connectivity index (χ2n) is 5.31. The van der Waals surface area contributed by atoms with Gasteiger partial charge in [0.25, 0.3) is 0 Å². The summed E-state index contributed by atoms with van der Waals surface area (Å²) in [5.41, 5.74) is -0.385. The van der Waals surface area contributed by atoms with Crippen LogP contribution in [0.2, 0.25) is 0 Å². The van der Waals surface area contributed by atoms with Gasteiger partial charge >= 0.3 is 0 Å². The monoisotopic (exact) mass is 239 g/mol. The predicted molar refractivity (Wildman–Crippen MR) is 68.8 cm³/mol. The number of nitrogens with one attached hydrogen (secondary N) is 1. The number of hydrogen-bond acceptors (Lipinski definition) is 4. The lowest BCUT2D eigenvalue weighted by Crippen LogP contribution is -2.46. The van der Waals surface area contributed by atoms with Crippen LogP contribution in [0.3, 0.4) is 0 Å². The van der Waals surface area contributed by atoms with Crippen molar-refractivity contribution in [2.24, 2.45) is 0 Å². The first-order valence-electron chi connectivity index (χ1n) is 6.47. The van der Waals surface area contributed by atoms with Crippen molar-refractivity contribution in [3.05, 3.63) is 0 Å². The molecule has 0 radical (unpaired) electrons. The van der Waals surface area contributed by atoms with Crippen molar-refractivity contribution in [1.82, 2.24) is 10.2 Å². The fourth-order valence-corrected chi connectivity index (χ4v) is 2.36. The lowest BCUT2D eigenvalue weighted by atomic mass is 9.98. The summed E-state index contributed by atoms with van der Waals surface area (Å²) < 4.78 is 5.70. The van der Waals surface area contributed by atoms with Crippen LogP contribution in [0, 0.1) is 11.3 Å². The molecule has 0 aromatic heterocycles. The Labute approximate surface area is 105 Å². The first kappa shape index (κ1) is 14.4. The van der Waals surface area contributed by atoms with Crippen LogP contribution in [0.5, 0.6) is 0 Å². The van der Waals surface area contributed by atoms with Gasteiger partial charge < -0.3 is 10.1 Å². The second kappa shape index (κ2) is 6.34. The van der Waals surface area contributed by atoms with Crippen molar-refractivity contribution in [3.8, 4) is 6.07 Å². The number of ether oxygens (including phenoxy) is 1. The molecule has 1 aliphatic rings. The Morgan fingerprint density at radius 1 is 1.41 bits per heavy atom. The van der Waals surface area contributed by atoms with E-state index in [2.05, 4.69) is 30.1 Å². The maximum atomic E-state index is 9.06. The highest BCUT2D eigenvalue weighted by molar-refractivity contribution is 5.02. The molecular formula is C13H25N3O. The topological polar surface area (TPSA) is 48.3 Å². The van der Waals surface area contributed by atoms with Gasteiger partial charge in [-0.1, -0.05) is 0 Å². The molecule has 98 valence electrons. The molecule has 3 atom stereocenters. The predicted octanol–water partition coefficient (Wildman–Crippen LogP) is 1.38. The average molecular weight is 239 g/mol. The minimum atomic E-state index is -0.385. The Morgan fingerprint density at radius 2 is 2.00 bits per heavy atom. The summed E-state index contributed by atoms with van der Waals surface area (Å²) >= 11 is 0. The van der Waals surface area contributed by atoms with Crippen LogP contribution in [0.25, 0.3) is 0 Å². The lowest BCUT2D eigenvalue weighted by molar-refractivity contribution is -0.0683. The molecule has 4 nitrogen and oxygen atoms in total. The molecule has 0 amide bonds. The molecule has 0 aliphatic carbocycles. The van der Waals surface area contributed by atoms with E-state index >= 15 is 0 Å². The van der Waals surface area contributed by atoms with E-state index in [0.29, 0.717) is 12.2 Å². The minimum absolute atomic E-state index is 0.324. The van der Waals surface area contributed by atoms with Gasteiger partial charge in [-0.25, -0.2) is 0 Å². The zero-order valence-electron chi connectivity index (χ0n) is 11.5. The van der Waals surface area contributed by atoms with Crippen molar-refractivity contribution in [2.75, 3.05) is 26.7 Å². The molecule has 0 aromatic rings. The number of nitrogens with zero attached hydrogens (tertiary/aromatic N) is 2. The molecule has 4 heteroatoms. The fourth-order valence-electron chi connectivity index (χ4n) is 2.36. The molecule has 0 aromatic carbocycles. The van der Waals surface area contributed by atoms with E-state index in [4.69, 9.17) is 10.00 Å². The Bertz CT molecular complexity index is 266. The van der Waals surface area contributed by atoms with Gasteiger partial charge in [0.15, 0.2) is 0 Å². The standard InChI is InChI=1S/C13H25N3O/c1-11-8-16(9-12(2)17-11)7-5-6-13(3,10-14)15-4/h11-12,15H,5-9H2,1-4H3. The van der Waals surface area contributed by atoms with Crippen LogP contribution in [0.1, 0.15) is 33.6 Å². The van der Waals surface area contributed by atoms with Crippen LogP contribution < -0.4 is 5.32 Å². The van der Waals surface area contributed by atoms with E-state index in [1.54, 1.807) is 0 Å². The van der Waals surface area contributed by atoms with Gasteiger partial charge in [-0.05, 0) is 47.2 Å². The van der Waals surface area contributed by atoms with Gasteiger partial charge in [0, 0.05) is 13.1 Å². The average Bonchev–Trinajstić information content (AvgIpc) is 2.27. The molecule has 1 heterocycles. The quantitative estimate of drug-likeness (QED) is 0.787. The molecule has 0 bridgehead atoms. The van der Waals surface area contributed by atoms with Crippen LogP contribution >= 0.6 is 0 Å². The van der Waals surface area contributed by atoms with E-state index in [-0.39, 0.29) is 5.54 Å². The van der Waals surface area contributed by atoms with Gasteiger partial charge in [0.05, 0.1) is 18.3 Å². The Hall–Kier alpha value is -0.630. The highest BCUT2D eigenvalue weighted by atomic mass is 16.5. The van der Waals surface area contributed by atoms with E-state index in [1.807, 2.05) is 14.0 Å². The third-order valence-corrected chi connectivity index (χ3v) is 3.44. The van der Waals surface area contributed by atoms with Crippen molar-refractivity contribution in [1.29, 1.82) is 5.26 Å². The SMILES string of the molecule is CNC(C)(C#N)CCCN1CC(C)OC(C)C1. The van der Waals surface area contributed by atoms with Crippen LogP contribution in [0.15, 0.2) is 0 Å². The summed E-state index contributed by atoms with van der Waals surface area (Å²) in [7, 11) is 1.85. The first-order chi connectivity index (χ1) is 7.99. The summed E-state index contributed by atoms with van der Waals surface area (Å²) in [4.78, 5) is 2.44. The van der Waals surface area contributed by atoms with Crippen LogP contribution in [0.4, 0.5) is 0 Å². The zero-order valence-corrected chi connectivity index (χ0v) is 11.5. The highest BCUT2D eigenvalue weighted by Gasteiger charge is 2.24. The molecule has 3 unspecified atom stereocenters. The summed E-state index contributed by atoms with van der Waals surface area (Å²) in [6.07, 6.45) is 2.58. The number of hydrogen-bond donors (Lipinski definition) is 1.